The molecule has 0 saturated heterocycles. The minimum atomic E-state index is -3.72. The summed E-state index contributed by atoms with van der Waals surface area (Å²) in [6, 6.07) is 3.46. The molecule has 1 fully saturated rings. The Bertz CT molecular complexity index is 928. The van der Waals surface area contributed by atoms with E-state index in [4.69, 9.17) is 0 Å². The molecule has 0 bridgehead atoms. The summed E-state index contributed by atoms with van der Waals surface area (Å²) in [7, 11) is -3.72. The molecule has 1 heterocycles. The van der Waals surface area contributed by atoms with Crippen LogP contribution in [0.2, 0.25) is 0 Å². The van der Waals surface area contributed by atoms with E-state index in [0.717, 1.165) is 44.1 Å². The summed E-state index contributed by atoms with van der Waals surface area (Å²) < 4.78 is 27.1. The molecule has 1 aromatic rings. The van der Waals surface area contributed by atoms with E-state index >= 15 is 0 Å². The number of hydrogen-bond donors (Lipinski definition) is 1. The zero-order chi connectivity index (χ0) is 22.6. The fraction of sp³-hybridized carbons (Fsp3) is 0.652. The van der Waals surface area contributed by atoms with Crippen molar-refractivity contribution in [3.05, 3.63) is 22.2 Å². The molecule has 2 amide bonds. The van der Waals surface area contributed by atoms with E-state index in [2.05, 4.69) is 35.1 Å². The first-order valence-electron chi connectivity index (χ1n) is 11.4. The van der Waals surface area contributed by atoms with Crippen molar-refractivity contribution >= 4 is 43.3 Å². The molecule has 0 radical (unpaired) electrons. The van der Waals surface area contributed by atoms with E-state index in [9.17, 15) is 18.0 Å². The fourth-order valence-electron chi connectivity index (χ4n) is 4.10. The standard InChI is InChI=1S/C23H33BrN2O4S/c1-3-5-6-16(4-2)15-25-21(27)10-12-31(29,30)20-14-19(24)13-18-9-11-26(22(18)20)23(28)17-7-8-17/h13-14,16-17H,3-12,15H2,1-2H3,(H,25,27)/t16-/m0/s1. The number of rotatable bonds is 11. The van der Waals surface area contributed by atoms with Crippen molar-refractivity contribution in [2.75, 3.05) is 23.7 Å². The second kappa shape index (κ2) is 10.5. The molecular weight excluding hydrogens is 480 g/mol. The van der Waals surface area contributed by atoms with Crippen molar-refractivity contribution in [2.45, 2.75) is 70.1 Å². The highest BCUT2D eigenvalue weighted by Crippen LogP contribution is 2.41. The van der Waals surface area contributed by atoms with Crippen LogP contribution in [0.3, 0.4) is 0 Å². The number of sulfone groups is 1. The van der Waals surface area contributed by atoms with Gasteiger partial charge in [0.05, 0.1) is 16.3 Å². The zero-order valence-corrected chi connectivity index (χ0v) is 20.9. The molecule has 6 nitrogen and oxygen atoms in total. The smallest absolute Gasteiger partial charge is 0.230 e. The van der Waals surface area contributed by atoms with Crippen molar-refractivity contribution in [2.24, 2.45) is 11.8 Å². The summed E-state index contributed by atoms with van der Waals surface area (Å²) in [4.78, 5) is 26.8. The van der Waals surface area contributed by atoms with Crippen molar-refractivity contribution in [3.63, 3.8) is 0 Å². The van der Waals surface area contributed by atoms with Gasteiger partial charge in [0.25, 0.3) is 0 Å². The minimum Gasteiger partial charge on any atom is -0.356 e. The number of halogens is 1. The second-order valence-corrected chi connectivity index (χ2v) is 11.7. The lowest BCUT2D eigenvalue weighted by molar-refractivity contribution is -0.121. The van der Waals surface area contributed by atoms with Crippen molar-refractivity contribution in [1.29, 1.82) is 0 Å². The minimum absolute atomic E-state index is 0.0213. The van der Waals surface area contributed by atoms with Gasteiger partial charge >= 0.3 is 0 Å². The van der Waals surface area contributed by atoms with Crippen LogP contribution in [-0.2, 0) is 25.8 Å². The molecule has 31 heavy (non-hydrogen) atoms. The van der Waals surface area contributed by atoms with Crippen molar-refractivity contribution < 1.29 is 18.0 Å². The monoisotopic (exact) mass is 512 g/mol. The summed E-state index contributed by atoms with van der Waals surface area (Å²) in [5.41, 5.74) is 1.39. The largest absolute Gasteiger partial charge is 0.356 e. The van der Waals surface area contributed by atoms with Gasteiger partial charge in [-0.2, -0.15) is 0 Å². The molecule has 8 heteroatoms. The summed E-state index contributed by atoms with van der Waals surface area (Å²) >= 11 is 3.41. The molecule has 1 saturated carbocycles. The van der Waals surface area contributed by atoms with Crippen LogP contribution in [0.5, 0.6) is 0 Å². The summed E-state index contributed by atoms with van der Waals surface area (Å²) in [6.07, 6.45) is 6.64. The molecule has 2 aliphatic rings. The molecule has 0 spiro atoms. The lowest BCUT2D eigenvalue weighted by atomic mass is 9.99. The van der Waals surface area contributed by atoms with E-state index in [1.807, 2.05) is 6.07 Å². The van der Waals surface area contributed by atoms with Gasteiger partial charge in [0.2, 0.25) is 11.8 Å². The highest BCUT2D eigenvalue weighted by Gasteiger charge is 2.39. The molecule has 1 N–H and O–H groups in total. The van der Waals surface area contributed by atoms with Gasteiger partial charge in [-0.15, -0.1) is 0 Å². The molecular formula is C23H33BrN2O4S. The number of benzene rings is 1. The number of amides is 2. The van der Waals surface area contributed by atoms with E-state index in [1.165, 1.54) is 0 Å². The molecule has 172 valence electrons. The van der Waals surface area contributed by atoms with Crippen LogP contribution in [0.25, 0.3) is 0 Å². The number of unbranched alkanes of at least 4 members (excludes halogenated alkanes) is 1. The summed E-state index contributed by atoms with van der Waals surface area (Å²) in [6.45, 7) is 5.36. The fourth-order valence-corrected chi connectivity index (χ4v) is 6.28. The highest BCUT2D eigenvalue weighted by molar-refractivity contribution is 9.10. The Morgan fingerprint density at radius 3 is 2.65 bits per heavy atom. The van der Waals surface area contributed by atoms with Gasteiger partial charge in [-0.25, -0.2) is 8.42 Å². The van der Waals surface area contributed by atoms with Crippen LogP contribution in [0, 0.1) is 11.8 Å². The van der Waals surface area contributed by atoms with Gasteiger partial charge in [-0.05, 0) is 49.3 Å². The van der Waals surface area contributed by atoms with Gasteiger partial charge in [-0.3, -0.25) is 9.59 Å². The third-order valence-corrected chi connectivity index (χ3v) is 8.43. The molecule has 0 unspecified atom stereocenters. The first-order chi connectivity index (χ1) is 14.8. The third-order valence-electron chi connectivity index (χ3n) is 6.25. The van der Waals surface area contributed by atoms with Crippen LogP contribution < -0.4 is 10.2 Å². The van der Waals surface area contributed by atoms with Crippen molar-refractivity contribution in [1.82, 2.24) is 5.32 Å². The topological polar surface area (TPSA) is 83.6 Å². The lowest BCUT2D eigenvalue weighted by Gasteiger charge is -2.21. The van der Waals surface area contributed by atoms with E-state index in [1.54, 1.807) is 11.0 Å². The highest BCUT2D eigenvalue weighted by atomic mass is 79.9. The number of carbonyl (C=O) groups is 2. The first-order valence-corrected chi connectivity index (χ1v) is 13.8. The normalized spacial score (nSPS) is 16.8. The Morgan fingerprint density at radius 2 is 2.00 bits per heavy atom. The Hall–Kier alpha value is -1.41. The van der Waals surface area contributed by atoms with Crippen LogP contribution >= 0.6 is 15.9 Å². The van der Waals surface area contributed by atoms with Gasteiger partial charge in [-0.1, -0.05) is 49.0 Å². The summed E-state index contributed by atoms with van der Waals surface area (Å²) in [5, 5.41) is 2.90. The molecule has 1 aliphatic carbocycles. The number of fused-ring (bicyclic) bond motifs is 1. The molecule has 1 atom stereocenters. The second-order valence-electron chi connectivity index (χ2n) is 8.72. The Kier molecular flexibility index (Phi) is 8.19. The maximum absolute atomic E-state index is 13.2. The zero-order valence-electron chi connectivity index (χ0n) is 18.5. The number of nitrogens with zero attached hydrogens (tertiary/aromatic N) is 1. The van der Waals surface area contributed by atoms with Crippen LogP contribution in [0.4, 0.5) is 5.69 Å². The van der Waals surface area contributed by atoms with Gasteiger partial charge in [0.1, 0.15) is 0 Å². The summed E-state index contributed by atoms with van der Waals surface area (Å²) in [5.74, 6) is -0.0334. The Morgan fingerprint density at radius 1 is 1.26 bits per heavy atom. The van der Waals surface area contributed by atoms with Crippen LogP contribution in [0.15, 0.2) is 21.5 Å². The maximum Gasteiger partial charge on any atom is 0.230 e. The van der Waals surface area contributed by atoms with Crippen LogP contribution in [0.1, 0.15) is 64.4 Å². The predicted molar refractivity (Wildman–Crippen MR) is 126 cm³/mol. The van der Waals surface area contributed by atoms with Crippen molar-refractivity contribution in [3.8, 4) is 0 Å². The van der Waals surface area contributed by atoms with E-state index in [-0.39, 0.29) is 34.8 Å². The molecule has 1 aliphatic heterocycles. The van der Waals surface area contributed by atoms with Gasteiger partial charge < -0.3 is 10.2 Å². The Labute approximate surface area is 194 Å². The molecule has 0 aromatic heterocycles. The van der Waals surface area contributed by atoms with Crippen LogP contribution in [-0.4, -0.2) is 39.1 Å². The lowest BCUT2D eigenvalue weighted by Crippen LogP contribution is -2.32. The predicted octanol–water partition coefficient (Wildman–Crippen LogP) is 4.24. The maximum atomic E-state index is 13.2. The van der Waals surface area contributed by atoms with Gasteiger partial charge in [0.15, 0.2) is 9.84 Å². The number of anilines is 1. The third kappa shape index (κ3) is 6.09. The number of hydrogen-bond acceptors (Lipinski definition) is 4. The number of nitrogens with one attached hydrogen (secondary N) is 1. The van der Waals surface area contributed by atoms with Gasteiger partial charge in [0, 0.05) is 29.9 Å². The molecule has 1 aromatic carbocycles. The average Bonchev–Trinajstić information content (AvgIpc) is 3.51. The average molecular weight is 513 g/mol. The van der Waals surface area contributed by atoms with E-state index in [0.29, 0.717) is 35.6 Å². The quantitative estimate of drug-likeness (QED) is 0.480. The van der Waals surface area contributed by atoms with E-state index < -0.39 is 9.84 Å². The SMILES string of the molecule is CCCC[C@H](CC)CNC(=O)CCS(=O)(=O)c1cc(Br)cc2c1N(C(=O)C1CC1)CC2. The molecule has 3 rings (SSSR count). The number of carbonyl (C=O) groups excluding carboxylic acids is 2. The first kappa shape index (κ1) is 24.2. The Balaban J connectivity index is 1.68.